The molecule has 1 aliphatic rings. The summed E-state index contributed by atoms with van der Waals surface area (Å²) in [5, 5.41) is 6.22. The molecule has 9 rings (SSSR count). The van der Waals surface area contributed by atoms with E-state index in [1.54, 1.807) is 0 Å². The maximum Gasteiger partial charge on any atom is 0.145 e. The molecule has 0 N–H and O–H groups in total. The molecule has 4 heterocycles. The second-order valence-electron chi connectivity index (χ2n) is 9.96. The molecule has 1 aliphatic carbocycles. The number of hydrogen-bond acceptors (Lipinski definition) is 2. The summed E-state index contributed by atoms with van der Waals surface area (Å²) in [6, 6.07) is 31.1. The van der Waals surface area contributed by atoms with Crippen molar-refractivity contribution in [2.75, 3.05) is 0 Å². The number of imidazole rings is 1. The lowest BCUT2D eigenvalue weighted by Gasteiger charge is -2.11. The smallest absolute Gasteiger partial charge is 0.145 e. The summed E-state index contributed by atoms with van der Waals surface area (Å²) in [4.78, 5) is 9.12. The zero-order valence-corrected chi connectivity index (χ0v) is 19.9. The van der Waals surface area contributed by atoms with Crippen LogP contribution in [0.3, 0.4) is 0 Å². The Morgan fingerprint density at radius 3 is 2.30 bits per heavy atom. The van der Waals surface area contributed by atoms with E-state index in [0.29, 0.717) is 0 Å². The number of hydrogen-bond donors (Lipinski definition) is 0. The van der Waals surface area contributed by atoms with Gasteiger partial charge in [0.25, 0.3) is 0 Å². The summed E-state index contributed by atoms with van der Waals surface area (Å²) in [5.74, 6) is 0. The molecule has 0 saturated heterocycles. The molecule has 0 amide bonds. The second kappa shape index (κ2) is 6.83. The first-order valence-corrected chi connectivity index (χ1v) is 12.6. The topological polar surface area (TPSA) is 35.1 Å². The Kier molecular flexibility index (Phi) is 3.55. The summed E-state index contributed by atoms with van der Waals surface area (Å²) in [6.07, 6.45) is 8.66. The van der Waals surface area contributed by atoms with Gasteiger partial charge in [-0.05, 0) is 82.6 Å². The van der Waals surface area contributed by atoms with Crippen LogP contribution in [0.1, 0.15) is 11.1 Å². The van der Waals surface area contributed by atoms with Gasteiger partial charge in [0.15, 0.2) is 0 Å². The Labute approximate surface area is 212 Å². The van der Waals surface area contributed by atoms with E-state index in [2.05, 4.69) is 98.9 Å². The molecule has 0 spiro atoms. The normalized spacial score (nSPS) is 12.8. The maximum absolute atomic E-state index is 4.72. The summed E-state index contributed by atoms with van der Waals surface area (Å²) >= 11 is 0. The van der Waals surface area contributed by atoms with Gasteiger partial charge in [-0.25, -0.2) is 4.98 Å². The fourth-order valence-corrected chi connectivity index (χ4v) is 6.47. The highest BCUT2D eigenvalue weighted by molar-refractivity contribution is 6.15. The van der Waals surface area contributed by atoms with E-state index >= 15 is 0 Å². The highest BCUT2D eigenvalue weighted by atomic mass is 15.0. The van der Waals surface area contributed by atoms with E-state index in [-0.39, 0.29) is 0 Å². The molecule has 4 aromatic carbocycles. The molecule has 0 radical (unpaired) electrons. The van der Waals surface area contributed by atoms with Crippen molar-refractivity contribution in [2.45, 2.75) is 6.42 Å². The molecule has 0 bridgehead atoms. The molecule has 0 atom stereocenters. The molecule has 0 saturated carbocycles. The molecule has 0 unspecified atom stereocenters. The first-order chi connectivity index (χ1) is 18.3. The van der Waals surface area contributed by atoms with Crippen LogP contribution in [-0.2, 0) is 6.42 Å². The first-order valence-electron chi connectivity index (χ1n) is 12.6. The predicted molar refractivity (Wildman–Crippen MR) is 151 cm³/mol. The van der Waals surface area contributed by atoms with E-state index in [1.165, 1.54) is 65.9 Å². The van der Waals surface area contributed by atoms with Gasteiger partial charge in [0.05, 0.1) is 22.7 Å². The standard InChI is InChI=1S/C33H20N4/c1-2-6-22(7-3-1)37-30-9-5-4-8-23(30)28-15-20-14-21-16-29-27(17-25(21)26(20)18-31(28)37)24-10-11-34-19-32(24)36-13-12-35-33(29)36/h1-13,15-19H,14H2. The number of benzene rings is 4. The van der Waals surface area contributed by atoms with Crippen LogP contribution in [0.15, 0.2) is 110 Å². The number of para-hydroxylation sites is 2. The van der Waals surface area contributed by atoms with Crippen molar-refractivity contribution in [1.29, 1.82) is 0 Å². The van der Waals surface area contributed by atoms with E-state index in [4.69, 9.17) is 4.98 Å². The average Bonchev–Trinajstić information content (AvgIpc) is 3.66. The van der Waals surface area contributed by atoms with Crippen molar-refractivity contribution in [2.24, 2.45) is 0 Å². The summed E-state index contributed by atoms with van der Waals surface area (Å²) in [5.41, 5.74) is 11.1. The quantitative estimate of drug-likeness (QED) is 0.229. The Hall–Kier alpha value is -4.96. The molecule has 4 nitrogen and oxygen atoms in total. The van der Waals surface area contributed by atoms with Gasteiger partial charge in [-0.2, -0.15) is 0 Å². The fourth-order valence-electron chi connectivity index (χ4n) is 6.47. The molecular weight excluding hydrogens is 452 g/mol. The van der Waals surface area contributed by atoms with Gasteiger partial charge in [0.2, 0.25) is 0 Å². The van der Waals surface area contributed by atoms with Crippen molar-refractivity contribution in [3.05, 3.63) is 121 Å². The number of rotatable bonds is 1. The highest BCUT2D eigenvalue weighted by Crippen LogP contribution is 2.44. The van der Waals surface area contributed by atoms with Crippen LogP contribution < -0.4 is 0 Å². The van der Waals surface area contributed by atoms with Crippen molar-refractivity contribution in [1.82, 2.24) is 18.9 Å². The Balaban J connectivity index is 1.39. The van der Waals surface area contributed by atoms with E-state index in [1.807, 2.05) is 24.8 Å². The number of nitrogens with zero attached hydrogens (tertiary/aromatic N) is 4. The van der Waals surface area contributed by atoms with Gasteiger partial charge in [-0.3, -0.25) is 9.38 Å². The van der Waals surface area contributed by atoms with Crippen LogP contribution in [0.5, 0.6) is 0 Å². The van der Waals surface area contributed by atoms with Crippen molar-refractivity contribution >= 4 is 49.1 Å². The molecular formula is C33H20N4. The maximum atomic E-state index is 4.72. The molecule has 8 aromatic rings. The second-order valence-corrected chi connectivity index (χ2v) is 9.96. The fraction of sp³-hybridized carbons (Fsp3) is 0.0303. The molecule has 37 heavy (non-hydrogen) atoms. The van der Waals surface area contributed by atoms with Crippen LogP contribution in [0, 0.1) is 0 Å². The Bertz CT molecular complexity index is 2220. The van der Waals surface area contributed by atoms with Gasteiger partial charge in [-0.1, -0.05) is 36.4 Å². The minimum absolute atomic E-state index is 0.933. The third-order valence-electron chi connectivity index (χ3n) is 8.06. The van der Waals surface area contributed by atoms with Crippen LogP contribution in [-0.4, -0.2) is 18.9 Å². The SMILES string of the molecule is c1ccc(-n2c3ccccc3c3cc4c(cc32)-c2cc3c5ccncc5n5ccnc5c3cc2C4)cc1. The zero-order chi connectivity index (χ0) is 24.1. The number of pyridine rings is 2. The number of aromatic nitrogens is 4. The van der Waals surface area contributed by atoms with E-state index in [9.17, 15) is 0 Å². The minimum atomic E-state index is 0.933. The van der Waals surface area contributed by atoms with E-state index < -0.39 is 0 Å². The third kappa shape index (κ3) is 2.47. The largest absolute Gasteiger partial charge is 0.309 e. The van der Waals surface area contributed by atoms with Gasteiger partial charge < -0.3 is 4.57 Å². The van der Waals surface area contributed by atoms with E-state index in [0.717, 1.165) is 17.6 Å². The average molecular weight is 473 g/mol. The summed E-state index contributed by atoms with van der Waals surface area (Å²) in [7, 11) is 0. The molecule has 4 heteroatoms. The Morgan fingerprint density at radius 1 is 0.595 bits per heavy atom. The summed E-state index contributed by atoms with van der Waals surface area (Å²) in [6.45, 7) is 0. The third-order valence-corrected chi connectivity index (χ3v) is 8.06. The van der Waals surface area contributed by atoms with Gasteiger partial charge in [0.1, 0.15) is 5.65 Å². The Morgan fingerprint density at radius 2 is 1.38 bits per heavy atom. The predicted octanol–water partition coefficient (Wildman–Crippen LogP) is 7.70. The summed E-state index contributed by atoms with van der Waals surface area (Å²) < 4.78 is 4.56. The number of fused-ring (bicyclic) bond motifs is 12. The van der Waals surface area contributed by atoms with Gasteiger partial charge in [-0.15, -0.1) is 0 Å². The monoisotopic (exact) mass is 472 g/mol. The van der Waals surface area contributed by atoms with Crippen LogP contribution in [0.25, 0.3) is 65.9 Å². The minimum Gasteiger partial charge on any atom is -0.309 e. The lowest BCUT2D eigenvalue weighted by molar-refractivity contribution is 1.18. The van der Waals surface area contributed by atoms with Gasteiger partial charge >= 0.3 is 0 Å². The first kappa shape index (κ1) is 19.3. The van der Waals surface area contributed by atoms with Crippen molar-refractivity contribution in [3.8, 4) is 16.8 Å². The lowest BCUT2D eigenvalue weighted by atomic mass is 9.98. The zero-order valence-electron chi connectivity index (χ0n) is 19.9. The van der Waals surface area contributed by atoms with Crippen LogP contribution in [0.4, 0.5) is 0 Å². The molecule has 172 valence electrons. The molecule has 0 fully saturated rings. The van der Waals surface area contributed by atoms with Crippen molar-refractivity contribution in [3.63, 3.8) is 0 Å². The van der Waals surface area contributed by atoms with Gasteiger partial charge in [0, 0.05) is 45.8 Å². The lowest BCUT2D eigenvalue weighted by Crippen LogP contribution is -1.93. The van der Waals surface area contributed by atoms with Crippen LogP contribution >= 0.6 is 0 Å². The van der Waals surface area contributed by atoms with Crippen LogP contribution in [0.2, 0.25) is 0 Å². The highest BCUT2D eigenvalue weighted by Gasteiger charge is 2.24. The van der Waals surface area contributed by atoms with Crippen molar-refractivity contribution < 1.29 is 0 Å². The molecule has 0 aliphatic heterocycles. The molecule has 4 aromatic heterocycles.